The van der Waals surface area contributed by atoms with Gasteiger partial charge in [0, 0.05) is 6.04 Å². The summed E-state index contributed by atoms with van der Waals surface area (Å²) >= 11 is 2.73. The largest absolute Gasteiger partial charge is 0.348 e. The van der Waals surface area contributed by atoms with Crippen LogP contribution in [-0.4, -0.2) is 21.5 Å². The Labute approximate surface area is 100 Å². The molecule has 1 fully saturated rings. The van der Waals surface area contributed by atoms with Crippen LogP contribution in [0.25, 0.3) is 10.6 Å². The van der Waals surface area contributed by atoms with E-state index in [9.17, 15) is 4.79 Å². The average molecular weight is 251 g/mol. The molecule has 1 N–H and O–H groups in total. The number of hydrogen-bond acceptors (Lipinski definition) is 5. The monoisotopic (exact) mass is 251 g/mol. The molecule has 0 aliphatic heterocycles. The van der Waals surface area contributed by atoms with E-state index < -0.39 is 0 Å². The number of carbonyl (C=O) groups is 1. The lowest BCUT2D eigenvalue weighted by Crippen LogP contribution is -2.24. The molecule has 1 saturated carbocycles. The van der Waals surface area contributed by atoms with Crippen molar-refractivity contribution in [2.45, 2.75) is 18.9 Å². The summed E-state index contributed by atoms with van der Waals surface area (Å²) in [6, 6.07) is 4.27. The van der Waals surface area contributed by atoms with E-state index in [1.165, 1.54) is 0 Å². The molecule has 3 rings (SSSR count). The highest BCUT2D eigenvalue weighted by Crippen LogP contribution is 2.28. The van der Waals surface area contributed by atoms with Crippen LogP contribution in [0.3, 0.4) is 0 Å². The summed E-state index contributed by atoms with van der Waals surface area (Å²) in [5, 5.41) is 8.95. The molecule has 82 valence electrons. The SMILES string of the molecule is O=C(NC1CC1)c1snnc1-c1cccs1. The Kier molecular flexibility index (Phi) is 2.45. The van der Waals surface area contributed by atoms with Gasteiger partial charge in [-0.2, -0.15) is 0 Å². The normalized spacial score (nSPS) is 15.0. The van der Waals surface area contributed by atoms with Crippen molar-refractivity contribution in [3.63, 3.8) is 0 Å². The molecular weight excluding hydrogens is 242 g/mol. The van der Waals surface area contributed by atoms with Crippen LogP contribution in [0.4, 0.5) is 0 Å². The smallest absolute Gasteiger partial charge is 0.265 e. The minimum Gasteiger partial charge on any atom is -0.348 e. The molecular formula is C10H9N3OS2. The molecule has 2 aromatic rings. The second-order valence-electron chi connectivity index (χ2n) is 3.68. The second-order valence-corrected chi connectivity index (χ2v) is 5.38. The summed E-state index contributed by atoms with van der Waals surface area (Å²) in [7, 11) is 0. The van der Waals surface area contributed by atoms with E-state index in [0.717, 1.165) is 29.3 Å². The number of thiophene rings is 1. The summed E-state index contributed by atoms with van der Waals surface area (Å²) in [6.45, 7) is 0. The molecule has 2 aromatic heterocycles. The van der Waals surface area contributed by atoms with Crippen LogP contribution in [0.1, 0.15) is 22.5 Å². The third-order valence-corrected chi connectivity index (χ3v) is 3.96. The first-order chi connectivity index (χ1) is 7.84. The molecule has 4 nitrogen and oxygen atoms in total. The van der Waals surface area contributed by atoms with E-state index in [4.69, 9.17) is 0 Å². The van der Waals surface area contributed by atoms with Gasteiger partial charge in [-0.05, 0) is 35.8 Å². The van der Waals surface area contributed by atoms with Gasteiger partial charge < -0.3 is 5.32 Å². The van der Waals surface area contributed by atoms with Gasteiger partial charge in [0.1, 0.15) is 10.6 Å². The molecule has 1 aliphatic rings. The van der Waals surface area contributed by atoms with Gasteiger partial charge in [0.2, 0.25) is 0 Å². The Bertz CT molecular complexity index is 502. The number of nitrogens with zero attached hydrogens (tertiary/aromatic N) is 2. The van der Waals surface area contributed by atoms with Crippen molar-refractivity contribution < 1.29 is 4.79 Å². The summed E-state index contributed by atoms with van der Waals surface area (Å²) in [4.78, 5) is 13.5. The predicted molar refractivity (Wildman–Crippen MR) is 63.7 cm³/mol. The van der Waals surface area contributed by atoms with Crippen molar-refractivity contribution in [2.24, 2.45) is 0 Å². The summed E-state index contributed by atoms with van der Waals surface area (Å²) in [6.07, 6.45) is 2.18. The first kappa shape index (κ1) is 9.92. The van der Waals surface area contributed by atoms with E-state index in [1.54, 1.807) is 11.3 Å². The molecule has 0 saturated heterocycles. The molecule has 0 radical (unpaired) electrons. The van der Waals surface area contributed by atoms with E-state index in [-0.39, 0.29) is 5.91 Å². The van der Waals surface area contributed by atoms with E-state index in [1.807, 2.05) is 17.5 Å². The summed E-state index contributed by atoms with van der Waals surface area (Å²) < 4.78 is 3.86. The zero-order chi connectivity index (χ0) is 11.0. The van der Waals surface area contributed by atoms with E-state index >= 15 is 0 Å². The van der Waals surface area contributed by atoms with E-state index in [2.05, 4.69) is 14.9 Å². The Morgan fingerprint density at radius 2 is 2.38 bits per heavy atom. The van der Waals surface area contributed by atoms with Gasteiger partial charge >= 0.3 is 0 Å². The predicted octanol–water partition coefficient (Wildman–Crippen LogP) is 2.16. The first-order valence-corrected chi connectivity index (χ1v) is 6.67. The fourth-order valence-electron chi connectivity index (χ4n) is 1.39. The van der Waals surface area contributed by atoms with Crippen LogP contribution in [0.15, 0.2) is 17.5 Å². The third-order valence-electron chi connectivity index (χ3n) is 2.36. The molecule has 0 bridgehead atoms. The molecule has 6 heteroatoms. The second kappa shape index (κ2) is 3.95. The number of aromatic nitrogens is 2. The molecule has 1 amide bonds. The molecule has 1 aliphatic carbocycles. The highest BCUT2D eigenvalue weighted by Gasteiger charge is 2.26. The van der Waals surface area contributed by atoms with Crippen LogP contribution in [0, 0.1) is 0 Å². The molecule has 0 spiro atoms. The van der Waals surface area contributed by atoms with Crippen LogP contribution >= 0.6 is 22.9 Å². The number of rotatable bonds is 3. The highest BCUT2D eigenvalue weighted by atomic mass is 32.1. The third kappa shape index (κ3) is 1.85. The minimum absolute atomic E-state index is 0.0408. The maximum atomic E-state index is 11.9. The lowest BCUT2D eigenvalue weighted by atomic mass is 10.3. The van der Waals surface area contributed by atoms with Crippen LogP contribution < -0.4 is 5.32 Å². The van der Waals surface area contributed by atoms with Gasteiger partial charge in [-0.15, -0.1) is 16.4 Å². The number of nitrogens with one attached hydrogen (secondary N) is 1. The highest BCUT2D eigenvalue weighted by molar-refractivity contribution is 7.14. The van der Waals surface area contributed by atoms with Gasteiger partial charge in [-0.25, -0.2) is 0 Å². The van der Waals surface area contributed by atoms with Crippen molar-refractivity contribution in [1.82, 2.24) is 14.9 Å². The summed E-state index contributed by atoms with van der Waals surface area (Å²) in [5.74, 6) is -0.0408. The van der Waals surface area contributed by atoms with Gasteiger partial charge in [0.25, 0.3) is 5.91 Å². The number of hydrogen-bond donors (Lipinski definition) is 1. The fraction of sp³-hybridized carbons (Fsp3) is 0.300. The zero-order valence-electron chi connectivity index (χ0n) is 8.34. The maximum absolute atomic E-state index is 11.9. The van der Waals surface area contributed by atoms with Crippen LogP contribution in [-0.2, 0) is 0 Å². The first-order valence-electron chi connectivity index (χ1n) is 5.01. The van der Waals surface area contributed by atoms with Crippen LogP contribution in [0.2, 0.25) is 0 Å². The van der Waals surface area contributed by atoms with Crippen molar-refractivity contribution in [3.8, 4) is 10.6 Å². The lowest BCUT2D eigenvalue weighted by molar-refractivity contribution is 0.0955. The summed E-state index contributed by atoms with van der Waals surface area (Å²) in [5.41, 5.74) is 0.707. The van der Waals surface area contributed by atoms with Gasteiger partial charge in [0.15, 0.2) is 0 Å². The van der Waals surface area contributed by atoms with Crippen LogP contribution in [0.5, 0.6) is 0 Å². The molecule has 0 unspecified atom stereocenters. The Hall–Kier alpha value is -1.27. The minimum atomic E-state index is -0.0408. The zero-order valence-corrected chi connectivity index (χ0v) is 9.98. The molecule has 16 heavy (non-hydrogen) atoms. The van der Waals surface area contributed by atoms with Crippen molar-refractivity contribution in [2.75, 3.05) is 0 Å². The van der Waals surface area contributed by atoms with E-state index in [0.29, 0.717) is 16.6 Å². The van der Waals surface area contributed by atoms with Gasteiger partial charge in [0.05, 0.1) is 4.88 Å². The Balaban J connectivity index is 1.89. The van der Waals surface area contributed by atoms with Crippen molar-refractivity contribution in [3.05, 3.63) is 22.4 Å². The standard InChI is InChI=1S/C10H9N3OS2/c14-10(11-6-3-4-6)9-8(12-13-16-9)7-2-1-5-15-7/h1-2,5-6H,3-4H2,(H,11,14). The quantitative estimate of drug-likeness (QED) is 0.909. The molecule has 0 aromatic carbocycles. The fourth-order valence-corrected chi connectivity index (χ4v) is 2.76. The average Bonchev–Trinajstić information content (AvgIpc) is 2.84. The topological polar surface area (TPSA) is 54.9 Å². The molecule has 2 heterocycles. The number of carbonyl (C=O) groups excluding carboxylic acids is 1. The number of amides is 1. The van der Waals surface area contributed by atoms with Gasteiger partial charge in [-0.3, -0.25) is 4.79 Å². The lowest BCUT2D eigenvalue weighted by Gasteiger charge is -2.00. The van der Waals surface area contributed by atoms with Crippen molar-refractivity contribution in [1.29, 1.82) is 0 Å². The molecule has 0 atom stereocenters. The Morgan fingerprint density at radius 1 is 1.50 bits per heavy atom. The van der Waals surface area contributed by atoms with Crippen molar-refractivity contribution >= 4 is 28.8 Å². The van der Waals surface area contributed by atoms with Gasteiger partial charge in [-0.1, -0.05) is 10.6 Å². The Morgan fingerprint density at radius 3 is 3.06 bits per heavy atom. The maximum Gasteiger partial charge on any atom is 0.265 e.